The zero-order valence-corrected chi connectivity index (χ0v) is 12.4. The van der Waals surface area contributed by atoms with Crippen LogP contribution in [-0.2, 0) is 10.0 Å². The molecule has 0 aromatic carbocycles. The SMILES string of the molecule is Cc1ccc(C(=O)Nc2nc(C)c(S(N)(=O)=O)s2)cn1. The lowest BCUT2D eigenvalue weighted by Crippen LogP contribution is -2.12. The average Bonchev–Trinajstić information content (AvgIpc) is 2.70. The summed E-state index contributed by atoms with van der Waals surface area (Å²) < 4.78 is 22.5. The van der Waals surface area contributed by atoms with E-state index in [1.54, 1.807) is 12.1 Å². The summed E-state index contributed by atoms with van der Waals surface area (Å²) in [5.74, 6) is -0.410. The Labute approximate surface area is 119 Å². The van der Waals surface area contributed by atoms with Crippen molar-refractivity contribution in [2.45, 2.75) is 18.1 Å². The molecule has 0 unspecified atom stereocenters. The van der Waals surface area contributed by atoms with Gasteiger partial charge in [0.2, 0.25) is 10.0 Å². The number of aromatic nitrogens is 2. The predicted octanol–water partition coefficient (Wildman–Crippen LogP) is 1.05. The van der Waals surface area contributed by atoms with Gasteiger partial charge in [0.15, 0.2) is 9.34 Å². The fourth-order valence-electron chi connectivity index (χ4n) is 1.47. The molecule has 0 aliphatic heterocycles. The van der Waals surface area contributed by atoms with Gasteiger partial charge in [-0.2, -0.15) is 0 Å². The fraction of sp³-hybridized carbons (Fsp3) is 0.182. The molecule has 106 valence electrons. The molecule has 0 aliphatic rings. The smallest absolute Gasteiger partial charge is 0.259 e. The lowest BCUT2D eigenvalue weighted by Gasteiger charge is -2.01. The highest BCUT2D eigenvalue weighted by molar-refractivity contribution is 7.91. The van der Waals surface area contributed by atoms with Crippen molar-refractivity contribution in [1.29, 1.82) is 0 Å². The summed E-state index contributed by atoms with van der Waals surface area (Å²) in [6, 6.07) is 3.33. The highest BCUT2D eigenvalue weighted by Crippen LogP contribution is 2.26. The van der Waals surface area contributed by atoms with Crippen LogP contribution in [0.25, 0.3) is 0 Å². The van der Waals surface area contributed by atoms with Gasteiger partial charge in [0, 0.05) is 11.9 Å². The molecule has 2 rings (SSSR count). The molecule has 9 heteroatoms. The predicted molar refractivity (Wildman–Crippen MR) is 75.2 cm³/mol. The van der Waals surface area contributed by atoms with Crippen LogP contribution in [-0.4, -0.2) is 24.3 Å². The van der Waals surface area contributed by atoms with Crippen molar-refractivity contribution in [3.8, 4) is 0 Å². The van der Waals surface area contributed by atoms with Gasteiger partial charge in [-0.1, -0.05) is 11.3 Å². The molecule has 0 saturated heterocycles. The summed E-state index contributed by atoms with van der Waals surface area (Å²) in [6.45, 7) is 3.32. The lowest BCUT2D eigenvalue weighted by molar-refractivity contribution is 0.102. The summed E-state index contributed by atoms with van der Waals surface area (Å²) in [5.41, 5.74) is 1.42. The summed E-state index contributed by atoms with van der Waals surface area (Å²) in [5, 5.41) is 7.75. The number of nitrogens with one attached hydrogen (secondary N) is 1. The topological polar surface area (TPSA) is 115 Å². The minimum Gasteiger partial charge on any atom is -0.298 e. The van der Waals surface area contributed by atoms with E-state index in [0.717, 1.165) is 17.0 Å². The first-order chi connectivity index (χ1) is 9.27. The number of thiazole rings is 1. The molecule has 2 heterocycles. The number of aryl methyl sites for hydroxylation is 2. The van der Waals surface area contributed by atoms with E-state index in [9.17, 15) is 13.2 Å². The van der Waals surface area contributed by atoms with E-state index in [2.05, 4.69) is 15.3 Å². The van der Waals surface area contributed by atoms with Crippen LogP contribution in [0.15, 0.2) is 22.5 Å². The molecule has 2 aromatic heterocycles. The van der Waals surface area contributed by atoms with Crippen molar-refractivity contribution < 1.29 is 13.2 Å². The van der Waals surface area contributed by atoms with Crippen molar-refractivity contribution in [2.24, 2.45) is 5.14 Å². The summed E-state index contributed by atoms with van der Waals surface area (Å²) in [4.78, 5) is 19.9. The second-order valence-corrected chi connectivity index (χ2v) is 6.84. The molecule has 3 N–H and O–H groups in total. The molecule has 0 aliphatic carbocycles. The third-order valence-electron chi connectivity index (χ3n) is 2.41. The van der Waals surface area contributed by atoms with Crippen molar-refractivity contribution in [2.75, 3.05) is 5.32 Å². The Morgan fingerprint density at radius 3 is 2.55 bits per heavy atom. The third-order valence-corrected chi connectivity index (χ3v) is 5.03. The standard InChI is InChI=1S/C11H12N4O3S2/c1-6-3-4-8(5-13-6)9(16)15-11-14-7(2)10(19-11)20(12,17)18/h3-5H,1-2H3,(H2,12,17,18)(H,14,15,16). The number of rotatable bonds is 3. The van der Waals surface area contributed by atoms with E-state index >= 15 is 0 Å². The first-order valence-corrected chi connectivity index (χ1v) is 7.88. The van der Waals surface area contributed by atoms with Crippen molar-refractivity contribution >= 4 is 32.4 Å². The van der Waals surface area contributed by atoms with Crippen LogP contribution < -0.4 is 10.5 Å². The molecule has 0 spiro atoms. The molecule has 20 heavy (non-hydrogen) atoms. The van der Waals surface area contributed by atoms with Gasteiger partial charge in [0.1, 0.15) is 0 Å². The molecule has 7 nitrogen and oxygen atoms in total. The number of amides is 1. The van der Waals surface area contributed by atoms with E-state index in [0.29, 0.717) is 5.56 Å². The van der Waals surface area contributed by atoms with E-state index in [1.807, 2.05) is 6.92 Å². The Morgan fingerprint density at radius 1 is 1.35 bits per heavy atom. The van der Waals surface area contributed by atoms with Gasteiger partial charge in [-0.15, -0.1) is 0 Å². The molecular formula is C11H12N4O3S2. The summed E-state index contributed by atoms with van der Waals surface area (Å²) in [7, 11) is -3.83. The Morgan fingerprint density at radius 2 is 2.05 bits per heavy atom. The maximum Gasteiger partial charge on any atom is 0.259 e. The molecule has 0 atom stereocenters. The quantitative estimate of drug-likeness (QED) is 0.879. The van der Waals surface area contributed by atoms with Crippen LogP contribution in [0.3, 0.4) is 0 Å². The highest BCUT2D eigenvalue weighted by Gasteiger charge is 2.19. The number of nitrogens with zero attached hydrogens (tertiary/aromatic N) is 2. The van der Waals surface area contributed by atoms with Crippen LogP contribution >= 0.6 is 11.3 Å². The largest absolute Gasteiger partial charge is 0.298 e. The molecular weight excluding hydrogens is 300 g/mol. The second-order valence-electron chi connectivity index (χ2n) is 4.08. The Balaban J connectivity index is 2.23. The molecule has 0 radical (unpaired) electrons. The number of nitrogens with two attached hydrogens (primary N) is 1. The van der Waals surface area contributed by atoms with E-state index in [4.69, 9.17) is 5.14 Å². The van der Waals surface area contributed by atoms with Gasteiger partial charge >= 0.3 is 0 Å². The van der Waals surface area contributed by atoms with Gasteiger partial charge < -0.3 is 0 Å². The molecule has 0 fully saturated rings. The normalized spacial score (nSPS) is 11.3. The van der Waals surface area contributed by atoms with Gasteiger partial charge in [-0.3, -0.25) is 15.1 Å². The van der Waals surface area contributed by atoms with E-state index < -0.39 is 15.9 Å². The molecule has 1 amide bonds. The number of anilines is 1. The number of primary sulfonamides is 1. The van der Waals surface area contributed by atoms with Crippen molar-refractivity contribution in [3.63, 3.8) is 0 Å². The Bertz CT molecular complexity index is 750. The van der Waals surface area contributed by atoms with Crippen LogP contribution in [0.5, 0.6) is 0 Å². The number of hydrogen-bond acceptors (Lipinski definition) is 6. The van der Waals surface area contributed by atoms with Crippen molar-refractivity contribution in [1.82, 2.24) is 9.97 Å². The lowest BCUT2D eigenvalue weighted by atomic mass is 10.2. The molecule has 0 saturated carbocycles. The van der Waals surface area contributed by atoms with Crippen LogP contribution in [0.4, 0.5) is 5.13 Å². The Kier molecular flexibility index (Phi) is 3.84. The highest BCUT2D eigenvalue weighted by atomic mass is 32.2. The van der Waals surface area contributed by atoms with Gasteiger partial charge in [-0.05, 0) is 26.0 Å². The summed E-state index contributed by atoms with van der Waals surface area (Å²) in [6.07, 6.45) is 1.44. The third kappa shape index (κ3) is 3.18. The van der Waals surface area contributed by atoms with Crippen LogP contribution in [0.1, 0.15) is 21.7 Å². The van der Waals surface area contributed by atoms with Gasteiger partial charge in [0.25, 0.3) is 5.91 Å². The maximum atomic E-state index is 11.9. The summed E-state index contributed by atoms with van der Waals surface area (Å²) >= 11 is 0.816. The average molecular weight is 312 g/mol. The zero-order chi connectivity index (χ0) is 14.9. The number of hydrogen-bond donors (Lipinski definition) is 2. The number of carbonyl (C=O) groups is 1. The van der Waals surface area contributed by atoms with Gasteiger partial charge in [0.05, 0.1) is 11.3 Å². The monoisotopic (exact) mass is 312 g/mol. The second kappa shape index (κ2) is 5.27. The van der Waals surface area contributed by atoms with Gasteiger partial charge in [-0.25, -0.2) is 18.5 Å². The zero-order valence-electron chi connectivity index (χ0n) is 10.7. The van der Waals surface area contributed by atoms with Crippen molar-refractivity contribution in [3.05, 3.63) is 35.3 Å². The van der Waals surface area contributed by atoms with Crippen LogP contribution in [0, 0.1) is 13.8 Å². The maximum absolute atomic E-state index is 11.9. The van der Waals surface area contributed by atoms with E-state index in [1.165, 1.54) is 13.1 Å². The fourth-order valence-corrected chi connectivity index (χ4v) is 3.33. The first kappa shape index (κ1) is 14.6. The number of carbonyl (C=O) groups excluding carboxylic acids is 1. The first-order valence-electron chi connectivity index (χ1n) is 5.51. The van der Waals surface area contributed by atoms with E-state index in [-0.39, 0.29) is 15.0 Å². The molecule has 2 aromatic rings. The minimum atomic E-state index is -3.83. The van der Waals surface area contributed by atoms with Crippen LogP contribution in [0.2, 0.25) is 0 Å². The number of pyridine rings is 1. The minimum absolute atomic E-state index is 0.0603. The number of sulfonamides is 1. The Hall–Kier alpha value is -1.84. The molecule has 0 bridgehead atoms.